The normalized spacial score (nSPS) is 14.0. The molecule has 0 radical (unpaired) electrons. The molecule has 1 aliphatic heterocycles. The second kappa shape index (κ2) is 7.26. The molecule has 0 bridgehead atoms. The second-order valence-electron chi connectivity index (χ2n) is 5.99. The van der Waals surface area contributed by atoms with Gasteiger partial charge in [-0.25, -0.2) is 4.68 Å². The van der Waals surface area contributed by atoms with Crippen molar-refractivity contribution in [3.8, 4) is 11.4 Å². The Morgan fingerprint density at radius 1 is 1.35 bits per heavy atom. The number of aryl methyl sites for hydroxylation is 1. The van der Waals surface area contributed by atoms with E-state index in [2.05, 4.69) is 12.2 Å². The fraction of sp³-hybridized carbons (Fsp3) is 0.500. The third-order valence-electron chi connectivity index (χ3n) is 4.35. The molecule has 5 heteroatoms. The lowest BCUT2D eigenvalue weighted by atomic mass is 10.1. The van der Waals surface area contributed by atoms with Crippen LogP contribution in [0.2, 0.25) is 5.02 Å². The maximum Gasteiger partial charge on any atom is 0.144 e. The van der Waals surface area contributed by atoms with Crippen LogP contribution in [0.15, 0.2) is 18.2 Å². The summed E-state index contributed by atoms with van der Waals surface area (Å²) in [5, 5.41) is 9.16. The molecular formula is C18H24ClN3O. The molecule has 0 atom stereocenters. The molecule has 1 aromatic heterocycles. The molecule has 2 heterocycles. The number of anilines is 1. The first-order valence-electron chi connectivity index (χ1n) is 8.43. The summed E-state index contributed by atoms with van der Waals surface area (Å²) in [5.41, 5.74) is 3.46. The highest BCUT2D eigenvalue weighted by Crippen LogP contribution is 2.33. The number of hydrogen-bond acceptors (Lipinski definition) is 3. The highest BCUT2D eigenvalue weighted by atomic mass is 35.5. The molecule has 23 heavy (non-hydrogen) atoms. The van der Waals surface area contributed by atoms with Gasteiger partial charge < -0.3 is 10.1 Å². The molecule has 0 aliphatic carbocycles. The van der Waals surface area contributed by atoms with Gasteiger partial charge in [0.05, 0.1) is 12.8 Å². The summed E-state index contributed by atoms with van der Waals surface area (Å²) in [7, 11) is 1.68. The van der Waals surface area contributed by atoms with Gasteiger partial charge in [0.25, 0.3) is 0 Å². The minimum absolute atomic E-state index is 0.689. The monoisotopic (exact) mass is 333 g/mol. The first-order chi connectivity index (χ1) is 11.2. The van der Waals surface area contributed by atoms with E-state index >= 15 is 0 Å². The van der Waals surface area contributed by atoms with Gasteiger partial charge in [-0.3, -0.25) is 0 Å². The molecule has 0 unspecified atom stereocenters. The second-order valence-corrected chi connectivity index (χ2v) is 6.43. The van der Waals surface area contributed by atoms with Crippen LogP contribution >= 0.6 is 11.6 Å². The van der Waals surface area contributed by atoms with Crippen LogP contribution in [0.5, 0.6) is 5.75 Å². The zero-order valence-electron chi connectivity index (χ0n) is 13.9. The van der Waals surface area contributed by atoms with Gasteiger partial charge in [0.15, 0.2) is 0 Å². The van der Waals surface area contributed by atoms with E-state index in [9.17, 15) is 0 Å². The van der Waals surface area contributed by atoms with Gasteiger partial charge in [-0.2, -0.15) is 5.10 Å². The van der Waals surface area contributed by atoms with Gasteiger partial charge in [-0.05, 0) is 50.3 Å². The Bertz CT molecular complexity index is 681. The molecule has 1 aliphatic rings. The summed E-state index contributed by atoms with van der Waals surface area (Å²) in [6.07, 6.45) is 6.85. The number of benzene rings is 1. The topological polar surface area (TPSA) is 39.1 Å². The van der Waals surface area contributed by atoms with Crippen LogP contribution in [0.3, 0.4) is 0 Å². The van der Waals surface area contributed by atoms with Gasteiger partial charge in [0, 0.05) is 17.1 Å². The van der Waals surface area contributed by atoms with Gasteiger partial charge in [0.1, 0.15) is 17.3 Å². The van der Waals surface area contributed by atoms with Crippen molar-refractivity contribution in [2.45, 2.75) is 45.4 Å². The van der Waals surface area contributed by atoms with Crippen molar-refractivity contribution in [1.82, 2.24) is 9.78 Å². The Kier molecular flexibility index (Phi) is 5.11. The van der Waals surface area contributed by atoms with Crippen LogP contribution in [0.1, 0.15) is 43.9 Å². The Morgan fingerprint density at radius 3 is 3.00 bits per heavy atom. The molecule has 0 saturated carbocycles. The maximum absolute atomic E-state index is 6.21. The lowest BCUT2D eigenvalue weighted by Gasteiger charge is -2.13. The Morgan fingerprint density at radius 2 is 2.22 bits per heavy atom. The highest BCUT2D eigenvalue weighted by molar-refractivity contribution is 6.30. The number of rotatable bonds is 5. The number of nitrogens with zero attached hydrogens (tertiary/aromatic N) is 2. The summed E-state index contributed by atoms with van der Waals surface area (Å²) in [5.74, 6) is 1.89. The minimum atomic E-state index is 0.689. The summed E-state index contributed by atoms with van der Waals surface area (Å²) in [6.45, 7) is 3.20. The van der Waals surface area contributed by atoms with E-state index in [4.69, 9.17) is 21.4 Å². The van der Waals surface area contributed by atoms with E-state index in [0.717, 1.165) is 43.1 Å². The molecule has 0 saturated heterocycles. The molecular weight excluding hydrogens is 310 g/mol. The molecule has 2 aromatic rings. The van der Waals surface area contributed by atoms with E-state index in [1.807, 2.05) is 22.9 Å². The first kappa shape index (κ1) is 16.2. The number of fused-ring (bicyclic) bond motifs is 1. The van der Waals surface area contributed by atoms with Crippen LogP contribution in [0, 0.1) is 0 Å². The Hall–Kier alpha value is -1.68. The summed E-state index contributed by atoms with van der Waals surface area (Å²) in [4.78, 5) is 0. The Balaban J connectivity index is 2.11. The van der Waals surface area contributed by atoms with Crippen LogP contribution in [-0.4, -0.2) is 23.4 Å². The van der Waals surface area contributed by atoms with Crippen LogP contribution in [-0.2, 0) is 12.8 Å². The van der Waals surface area contributed by atoms with Crippen molar-refractivity contribution >= 4 is 17.4 Å². The molecule has 4 nitrogen and oxygen atoms in total. The predicted octanol–water partition coefficient (Wildman–Crippen LogP) is 4.63. The van der Waals surface area contributed by atoms with E-state index in [1.165, 1.54) is 30.5 Å². The number of ether oxygens (including phenoxy) is 1. The number of aromatic nitrogens is 2. The van der Waals surface area contributed by atoms with Crippen LogP contribution in [0.4, 0.5) is 5.82 Å². The number of methoxy groups -OCH3 is 1. The highest BCUT2D eigenvalue weighted by Gasteiger charge is 2.22. The molecule has 1 N–H and O–H groups in total. The van der Waals surface area contributed by atoms with Crippen molar-refractivity contribution in [1.29, 1.82) is 0 Å². The standard InChI is InChI=1S/C18H24ClN3O/c1-3-4-8-15-14-7-5-6-11-20-18(14)22(21-15)16-12-13(19)9-10-17(16)23-2/h9-10,12,20H,3-8,11H2,1-2H3. The number of unbranched alkanes of at least 4 members (excludes halogenated alkanes) is 1. The van der Waals surface area contributed by atoms with Crippen molar-refractivity contribution in [3.05, 3.63) is 34.5 Å². The van der Waals surface area contributed by atoms with Crippen molar-refractivity contribution in [2.75, 3.05) is 19.0 Å². The predicted molar refractivity (Wildman–Crippen MR) is 95.2 cm³/mol. The summed E-state index contributed by atoms with van der Waals surface area (Å²) < 4.78 is 7.50. The third-order valence-corrected chi connectivity index (χ3v) is 4.58. The molecule has 0 amide bonds. The number of hydrogen-bond donors (Lipinski definition) is 1. The van der Waals surface area contributed by atoms with Crippen molar-refractivity contribution < 1.29 is 4.74 Å². The lowest BCUT2D eigenvalue weighted by molar-refractivity contribution is 0.412. The zero-order chi connectivity index (χ0) is 16.2. The van der Waals surface area contributed by atoms with Crippen molar-refractivity contribution in [2.24, 2.45) is 0 Å². The average molecular weight is 334 g/mol. The van der Waals surface area contributed by atoms with E-state index in [0.29, 0.717) is 5.02 Å². The van der Waals surface area contributed by atoms with Crippen LogP contribution < -0.4 is 10.1 Å². The molecule has 1 aromatic carbocycles. The number of nitrogens with one attached hydrogen (secondary N) is 1. The van der Waals surface area contributed by atoms with E-state index in [1.54, 1.807) is 7.11 Å². The van der Waals surface area contributed by atoms with E-state index in [-0.39, 0.29) is 0 Å². The van der Waals surface area contributed by atoms with E-state index < -0.39 is 0 Å². The van der Waals surface area contributed by atoms with Gasteiger partial charge >= 0.3 is 0 Å². The smallest absolute Gasteiger partial charge is 0.144 e. The third kappa shape index (κ3) is 3.32. The Labute approximate surface area is 142 Å². The molecule has 0 spiro atoms. The molecule has 124 valence electrons. The average Bonchev–Trinajstić information content (AvgIpc) is 2.73. The quantitative estimate of drug-likeness (QED) is 0.867. The lowest BCUT2D eigenvalue weighted by Crippen LogP contribution is -2.08. The van der Waals surface area contributed by atoms with Gasteiger partial charge in [-0.1, -0.05) is 24.9 Å². The fourth-order valence-electron chi connectivity index (χ4n) is 3.12. The summed E-state index contributed by atoms with van der Waals surface area (Å²) in [6, 6.07) is 5.66. The zero-order valence-corrected chi connectivity index (χ0v) is 14.6. The minimum Gasteiger partial charge on any atom is -0.494 e. The van der Waals surface area contributed by atoms with Crippen LogP contribution in [0.25, 0.3) is 5.69 Å². The summed E-state index contributed by atoms with van der Waals surface area (Å²) >= 11 is 6.21. The van der Waals surface area contributed by atoms with Gasteiger partial charge in [0.2, 0.25) is 0 Å². The SMILES string of the molecule is CCCCc1nn(-c2cc(Cl)ccc2OC)c2c1CCCCN2. The number of halogens is 1. The maximum atomic E-state index is 6.21. The largest absolute Gasteiger partial charge is 0.494 e. The molecule has 0 fully saturated rings. The fourth-order valence-corrected chi connectivity index (χ4v) is 3.29. The first-order valence-corrected chi connectivity index (χ1v) is 8.81. The molecule has 3 rings (SSSR count). The van der Waals surface area contributed by atoms with Gasteiger partial charge in [-0.15, -0.1) is 0 Å². The van der Waals surface area contributed by atoms with Crippen molar-refractivity contribution in [3.63, 3.8) is 0 Å².